The Bertz CT molecular complexity index is 870. The lowest BCUT2D eigenvalue weighted by molar-refractivity contribution is -0.121. The van der Waals surface area contributed by atoms with Gasteiger partial charge in [0.05, 0.1) is 11.4 Å². The molecule has 1 atom stereocenters. The maximum Gasteiger partial charge on any atom is 0.220 e. The topological polar surface area (TPSA) is 46.4 Å². The van der Waals surface area contributed by atoms with E-state index in [-0.39, 0.29) is 11.9 Å². The number of rotatable bonds is 6. The fourth-order valence-corrected chi connectivity index (χ4v) is 3.07. The average Bonchev–Trinajstić information content (AvgIpc) is 2.99. The molecule has 0 unspecified atom stereocenters. The van der Waals surface area contributed by atoms with E-state index in [1.54, 1.807) is 0 Å². The number of benzene rings is 1. The summed E-state index contributed by atoms with van der Waals surface area (Å²) in [6, 6.07) is 14.3. The summed E-state index contributed by atoms with van der Waals surface area (Å²) in [7, 11) is 0. The summed E-state index contributed by atoms with van der Waals surface area (Å²) in [5.74, 6) is 0.0852. The van der Waals surface area contributed by atoms with Crippen LogP contribution in [-0.4, -0.2) is 21.3 Å². The number of carbonyl (C=O) groups excluding carboxylic acids is 1. The number of carbonyl (C=O) groups is 1. The zero-order valence-electron chi connectivity index (χ0n) is 14.5. The molecule has 0 saturated heterocycles. The third-order valence-electron chi connectivity index (χ3n) is 4.36. The van der Waals surface area contributed by atoms with Gasteiger partial charge in [-0.2, -0.15) is 0 Å². The van der Waals surface area contributed by atoms with E-state index < -0.39 is 0 Å². The van der Waals surface area contributed by atoms with Crippen LogP contribution in [0.15, 0.2) is 53.1 Å². The molecular weight excluding hydrogens is 378 g/mol. The first kappa shape index (κ1) is 17.7. The van der Waals surface area contributed by atoms with Crippen LogP contribution in [0.3, 0.4) is 0 Å². The van der Waals surface area contributed by atoms with Crippen LogP contribution in [-0.2, 0) is 11.2 Å². The molecular formula is C20H22BrN3O. The van der Waals surface area contributed by atoms with Crippen LogP contribution < -0.4 is 5.32 Å². The molecule has 5 heteroatoms. The van der Waals surface area contributed by atoms with E-state index in [0.717, 1.165) is 33.5 Å². The lowest BCUT2D eigenvalue weighted by Gasteiger charge is -2.11. The highest BCUT2D eigenvalue weighted by molar-refractivity contribution is 9.10. The van der Waals surface area contributed by atoms with Crippen LogP contribution in [0.2, 0.25) is 0 Å². The highest BCUT2D eigenvalue weighted by atomic mass is 79.9. The number of nitrogens with one attached hydrogen (secondary N) is 1. The van der Waals surface area contributed by atoms with Gasteiger partial charge in [-0.1, -0.05) is 41.1 Å². The van der Waals surface area contributed by atoms with Crippen molar-refractivity contribution >= 4 is 27.5 Å². The Balaban J connectivity index is 1.91. The van der Waals surface area contributed by atoms with Crippen LogP contribution in [0.5, 0.6) is 0 Å². The fourth-order valence-electron chi connectivity index (χ4n) is 2.81. The molecule has 0 radical (unpaired) electrons. The van der Waals surface area contributed by atoms with Gasteiger partial charge >= 0.3 is 0 Å². The Morgan fingerprint density at radius 2 is 2.00 bits per heavy atom. The van der Waals surface area contributed by atoms with Gasteiger partial charge in [0.2, 0.25) is 5.91 Å². The highest BCUT2D eigenvalue weighted by Crippen LogP contribution is 2.26. The average molecular weight is 400 g/mol. The predicted molar refractivity (Wildman–Crippen MR) is 105 cm³/mol. The number of pyridine rings is 1. The first-order valence-electron chi connectivity index (χ1n) is 8.59. The van der Waals surface area contributed by atoms with Crippen LogP contribution in [0.4, 0.5) is 0 Å². The SMILES string of the molecule is CC[C@@H](C)NC(=O)CCc1c(-c2ccc(Br)cc2)nc2ccccn12. The van der Waals surface area contributed by atoms with E-state index in [4.69, 9.17) is 4.98 Å². The molecule has 130 valence electrons. The first-order chi connectivity index (χ1) is 12.1. The minimum absolute atomic E-state index is 0.0852. The van der Waals surface area contributed by atoms with E-state index in [2.05, 4.69) is 44.7 Å². The van der Waals surface area contributed by atoms with Crippen molar-refractivity contribution in [2.75, 3.05) is 0 Å². The zero-order chi connectivity index (χ0) is 17.8. The van der Waals surface area contributed by atoms with Crippen LogP contribution >= 0.6 is 15.9 Å². The smallest absolute Gasteiger partial charge is 0.220 e. The first-order valence-corrected chi connectivity index (χ1v) is 9.39. The molecule has 0 aliphatic heterocycles. The van der Waals surface area contributed by atoms with Crippen molar-refractivity contribution < 1.29 is 4.79 Å². The molecule has 0 fully saturated rings. The molecule has 0 aliphatic rings. The molecule has 0 bridgehead atoms. The molecule has 4 nitrogen and oxygen atoms in total. The van der Waals surface area contributed by atoms with Crippen LogP contribution in [0.25, 0.3) is 16.9 Å². The summed E-state index contributed by atoms with van der Waals surface area (Å²) in [6.45, 7) is 4.10. The predicted octanol–water partition coefficient (Wildman–Crippen LogP) is 4.61. The van der Waals surface area contributed by atoms with Crippen molar-refractivity contribution in [2.24, 2.45) is 0 Å². The number of halogens is 1. The second kappa shape index (κ2) is 7.83. The van der Waals surface area contributed by atoms with Crippen molar-refractivity contribution in [3.05, 3.63) is 58.8 Å². The number of nitrogens with zero attached hydrogens (tertiary/aromatic N) is 2. The number of aromatic nitrogens is 2. The van der Waals surface area contributed by atoms with Gasteiger partial charge in [0, 0.05) is 28.7 Å². The maximum absolute atomic E-state index is 12.2. The number of aryl methyl sites for hydroxylation is 1. The van der Waals surface area contributed by atoms with E-state index in [1.165, 1.54) is 0 Å². The molecule has 0 saturated carbocycles. The molecule has 1 amide bonds. The molecule has 3 rings (SSSR count). The van der Waals surface area contributed by atoms with Gasteiger partial charge in [0.25, 0.3) is 0 Å². The molecule has 1 N–H and O–H groups in total. The van der Waals surface area contributed by atoms with Gasteiger partial charge in [-0.15, -0.1) is 0 Å². The monoisotopic (exact) mass is 399 g/mol. The van der Waals surface area contributed by atoms with Gasteiger partial charge in [-0.3, -0.25) is 4.79 Å². The Hall–Kier alpha value is -2.14. The van der Waals surface area contributed by atoms with E-state index in [0.29, 0.717) is 12.8 Å². The van der Waals surface area contributed by atoms with Crippen molar-refractivity contribution in [1.82, 2.24) is 14.7 Å². The van der Waals surface area contributed by atoms with Gasteiger partial charge < -0.3 is 9.72 Å². The summed E-state index contributed by atoms with van der Waals surface area (Å²) < 4.78 is 3.11. The molecule has 1 aromatic carbocycles. The zero-order valence-corrected chi connectivity index (χ0v) is 16.1. The summed E-state index contributed by atoms with van der Waals surface area (Å²) in [4.78, 5) is 17.0. The highest BCUT2D eigenvalue weighted by Gasteiger charge is 2.15. The standard InChI is InChI=1S/C20H22BrN3O/c1-3-14(2)22-19(25)12-11-17-20(15-7-9-16(21)10-8-15)23-18-6-4-5-13-24(17)18/h4-10,13-14H,3,11-12H2,1-2H3,(H,22,25)/t14-/m1/s1. The molecule has 0 spiro atoms. The third kappa shape index (κ3) is 4.10. The second-order valence-corrected chi connectivity index (χ2v) is 7.14. The van der Waals surface area contributed by atoms with Gasteiger partial charge in [0.15, 0.2) is 0 Å². The fraction of sp³-hybridized carbons (Fsp3) is 0.300. The van der Waals surface area contributed by atoms with Crippen molar-refractivity contribution in [2.45, 2.75) is 39.2 Å². The van der Waals surface area contributed by atoms with Crippen LogP contribution in [0.1, 0.15) is 32.4 Å². The Kier molecular flexibility index (Phi) is 5.53. The number of imidazole rings is 1. The third-order valence-corrected chi connectivity index (χ3v) is 4.88. The van der Waals surface area contributed by atoms with Gasteiger partial charge in [0.1, 0.15) is 5.65 Å². The molecule has 2 heterocycles. The Morgan fingerprint density at radius 3 is 2.72 bits per heavy atom. The van der Waals surface area contributed by atoms with Crippen molar-refractivity contribution in [1.29, 1.82) is 0 Å². The summed E-state index contributed by atoms with van der Waals surface area (Å²) >= 11 is 3.47. The molecule has 2 aromatic heterocycles. The lowest BCUT2D eigenvalue weighted by atomic mass is 10.1. The Morgan fingerprint density at radius 1 is 1.24 bits per heavy atom. The Labute approximate surface area is 156 Å². The number of hydrogen-bond donors (Lipinski definition) is 1. The summed E-state index contributed by atoms with van der Waals surface area (Å²) in [6.07, 6.45) is 4.05. The largest absolute Gasteiger partial charge is 0.354 e. The second-order valence-electron chi connectivity index (χ2n) is 6.22. The van der Waals surface area contributed by atoms with Gasteiger partial charge in [-0.25, -0.2) is 4.98 Å². The number of fused-ring (bicyclic) bond motifs is 1. The van der Waals surface area contributed by atoms with Crippen LogP contribution in [0, 0.1) is 0 Å². The quantitative estimate of drug-likeness (QED) is 0.657. The van der Waals surface area contributed by atoms with Gasteiger partial charge in [-0.05, 0) is 44.0 Å². The van der Waals surface area contributed by atoms with E-state index in [1.807, 2.05) is 43.5 Å². The minimum atomic E-state index is 0.0852. The molecule has 0 aliphatic carbocycles. The number of amides is 1. The van der Waals surface area contributed by atoms with E-state index >= 15 is 0 Å². The lowest BCUT2D eigenvalue weighted by Crippen LogP contribution is -2.32. The summed E-state index contributed by atoms with van der Waals surface area (Å²) in [5.41, 5.74) is 3.97. The minimum Gasteiger partial charge on any atom is -0.354 e. The molecule has 25 heavy (non-hydrogen) atoms. The molecule has 3 aromatic rings. The number of hydrogen-bond acceptors (Lipinski definition) is 2. The van der Waals surface area contributed by atoms with E-state index in [9.17, 15) is 4.79 Å². The maximum atomic E-state index is 12.2. The normalized spacial score (nSPS) is 12.3. The van der Waals surface area contributed by atoms with Crippen molar-refractivity contribution in [3.8, 4) is 11.3 Å². The van der Waals surface area contributed by atoms with Crippen molar-refractivity contribution in [3.63, 3.8) is 0 Å². The summed E-state index contributed by atoms with van der Waals surface area (Å²) in [5, 5.41) is 3.03.